The van der Waals surface area contributed by atoms with E-state index in [1.807, 2.05) is 0 Å². The van der Waals surface area contributed by atoms with Gasteiger partial charge in [0.15, 0.2) is 0 Å². The second-order valence-corrected chi connectivity index (χ2v) is 5.00. The number of aliphatic hydroxyl groups is 1. The fourth-order valence-corrected chi connectivity index (χ4v) is 2.55. The molecule has 1 saturated carbocycles. The lowest BCUT2D eigenvalue weighted by molar-refractivity contribution is -0.122. The first-order chi connectivity index (χ1) is 8.65. The van der Waals surface area contributed by atoms with E-state index in [0.717, 1.165) is 25.7 Å². The fourth-order valence-electron chi connectivity index (χ4n) is 2.55. The minimum absolute atomic E-state index is 0.0144. The summed E-state index contributed by atoms with van der Waals surface area (Å²) in [5.74, 6) is -0.00966. The highest BCUT2D eigenvalue weighted by Crippen LogP contribution is 2.29. The fraction of sp³-hybridized carbons (Fsp3) is 0.500. The van der Waals surface area contributed by atoms with Gasteiger partial charge in [-0.25, -0.2) is 0 Å². The van der Waals surface area contributed by atoms with Crippen LogP contribution in [0.3, 0.4) is 0 Å². The van der Waals surface area contributed by atoms with Gasteiger partial charge in [-0.1, -0.05) is 31.0 Å². The summed E-state index contributed by atoms with van der Waals surface area (Å²) in [7, 11) is 0. The van der Waals surface area contributed by atoms with Gasteiger partial charge in [0.1, 0.15) is 5.75 Å². The molecule has 1 aromatic carbocycles. The van der Waals surface area contributed by atoms with Crippen molar-refractivity contribution in [3.05, 3.63) is 29.8 Å². The first kappa shape index (κ1) is 12.9. The Bertz CT molecular complexity index is 425. The normalized spacial score (nSPS) is 17.6. The molecule has 0 spiro atoms. The summed E-state index contributed by atoms with van der Waals surface area (Å²) in [6.07, 6.45) is 3.88. The summed E-state index contributed by atoms with van der Waals surface area (Å²) >= 11 is 0. The van der Waals surface area contributed by atoms with E-state index in [9.17, 15) is 15.0 Å². The smallest absolute Gasteiger partial charge is 0.225 e. The molecule has 4 heteroatoms. The Morgan fingerprint density at radius 3 is 2.56 bits per heavy atom. The molecule has 1 aliphatic carbocycles. The van der Waals surface area contributed by atoms with Crippen LogP contribution >= 0.6 is 0 Å². The quantitative estimate of drug-likeness (QED) is 0.754. The lowest BCUT2D eigenvalue weighted by Crippen LogP contribution is -2.49. The molecule has 0 heterocycles. The van der Waals surface area contributed by atoms with Gasteiger partial charge in [0, 0.05) is 5.56 Å². The molecule has 0 aliphatic heterocycles. The average molecular weight is 249 g/mol. The average Bonchev–Trinajstić information content (AvgIpc) is 2.81. The van der Waals surface area contributed by atoms with Crippen molar-refractivity contribution in [1.82, 2.24) is 5.32 Å². The first-order valence-electron chi connectivity index (χ1n) is 6.34. The van der Waals surface area contributed by atoms with Gasteiger partial charge >= 0.3 is 0 Å². The molecule has 1 fully saturated rings. The molecule has 98 valence electrons. The maximum atomic E-state index is 12.0. The molecule has 0 saturated heterocycles. The van der Waals surface area contributed by atoms with Gasteiger partial charge in [-0.3, -0.25) is 4.79 Å². The molecule has 1 amide bonds. The number of amides is 1. The molecule has 0 aromatic heterocycles. The van der Waals surface area contributed by atoms with Crippen LogP contribution in [-0.2, 0) is 11.2 Å². The zero-order valence-electron chi connectivity index (χ0n) is 10.4. The van der Waals surface area contributed by atoms with Crippen molar-refractivity contribution in [2.45, 2.75) is 37.6 Å². The van der Waals surface area contributed by atoms with Crippen LogP contribution < -0.4 is 5.32 Å². The zero-order chi connectivity index (χ0) is 13.0. The Morgan fingerprint density at radius 2 is 1.94 bits per heavy atom. The monoisotopic (exact) mass is 249 g/mol. The number of rotatable bonds is 4. The van der Waals surface area contributed by atoms with E-state index < -0.39 is 5.54 Å². The van der Waals surface area contributed by atoms with E-state index in [0.29, 0.717) is 5.56 Å². The van der Waals surface area contributed by atoms with Crippen LogP contribution in [0.4, 0.5) is 0 Å². The van der Waals surface area contributed by atoms with Gasteiger partial charge in [0.05, 0.1) is 18.6 Å². The van der Waals surface area contributed by atoms with Crippen molar-refractivity contribution < 1.29 is 15.0 Å². The van der Waals surface area contributed by atoms with Crippen LogP contribution in [0.1, 0.15) is 31.2 Å². The predicted octanol–water partition coefficient (Wildman–Crippen LogP) is 1.36. The van der Waals surface area contributed by atoms with Crippen LogP contribution in [-0.4, -0.2) is 28.3 Å². The molecule has 1 aromatic rings. The van der Waals surface area contributed by atoms with Crippen molar-refractivity contribution in [3.8, 4) is 5.75 Å². The highest BCUT2D eigenvalue weighted by Gasteiger charge is 2.34. The number of phenols is 1. The minimum Gasteiger partial charge on any atom is -0.508 e. The molecule has 0 unspecified atom stereocenters. The van der Waals surface area contributed by atoms with Crippen LogP contribution in [0.2, 0.25) is 0 Å². The lowest BCUT2D eigenvalue weighted by atomic mass is 9.98. The highest BCUT2D eigenvalue weighted by molar-refractivity contribution is 5.80. The van der Waals surface area contributed by atoms with E-state index >= 15 is 0 Å². The van der Waals surface area contributed by atoms with Crippen LogP contribution in [0, 0.1) is 0 Å². The largest absolute Gasteiger partial charge is 0.508 e. The first-order valence-corrected chi connectivity index (χ1v) is 6.34. The van der Waals surface area contributed by atoms with Gasteiger partial charge in [-0.15, -0.1) is 0 Å². The third kappa shape index (κ3) is 2.82. The maximum absolute atomic E-state index is 12.0. The van der Waals surface area contributed by atoms with E-state index in [4.69, 9.17) is 0 Å². The number of benzene rings is 1. The SMILES string of the molecule is O=C(Cc1ccccc1O)NC1(CO)CCCC1. The molecule has 1 aliphatic rings. The number of nitrogens with one attached hydrogen (secondary N) is 1. The summed E-state index contributed by atoms with van der Waals surface area (Å²) in [6.45, 7) is -0.0144. The third-order valence-electron chi connectivity index (χ3n) is 3.61. The molecule has 0 atom stereocenters. The van der Waals surface area contributed by atoms with Crippen molar-refractivity contribution in [3.63, 3.8) is 0 Å². The van der Waals surface area contributed by atoms with Crippen molar-refractivity contribution in [2.75, 3.05) is 6.61 Å². The third-order valence-corrected chi connectivity index (χ3v) is 3.61. The molecule has 0 bridgehead atoms. The zero-order valence-corrected chi connectivity index (χ0v) is 10.4. The Balaban J connectivity index is 1.98. The van der Waals surface area contributed by atoms with Crippen molar-refractivity contribution in [1.29, 1.82) is 0 Å². The molecule has 3 N–H and O–H groups in total. The van der Waals surface area contributed by atoms with Crippen molar-refractivity contribution >= 4 is 5.91 Å². The number of aromatic hydroxyl groups is 1. The van der Waals surface area contributed by atoms with Crippen LogP contribution in [0.15, 0.2) is 24.3 Å². The Labute approximate surface area is 107 Å². The second kappa shape index (κ2) is 5.40. The topological polar surface area (TPSA) is 69.6 Å². The van der Waals surface area contributed by atoms with Crippen LogP contribution in [0.25, 0.3) is 0 Å². The number of hydrogen-bond acceptors (Lipinski definition) is 3. The summed E-state index contributed by atoms with van der Waals surface area (Å²) in [5.41, 5.74) is 0.169. The summed E-state index contributed by atoms with van der Waals surface area (Å²) in [4.78, 5) is 12.0. The molecule has 2 rings (SSSR count). The number of aliphatic hydroxyl groups excluding tert-OH is 1. The number of hydrogen-bond donors (Lipinski definition) is 3. The Morgan fingerprint density at radius 1 is 1.28 bits per heavy atom. The number of carbonyl (C=O) groups is 1. The van der Waals surface area contributed by atoms with Gasteiger partial charge in [0.2, 0.25) is 5.91 Å². The minimum atomic E-state index is -0.443. The lowest BCUT2D eigenvalue weighted by Gasteiger charge is -2.28. The highest BCUT2D eigenvalue weighted by atomic mass is 16.3. The van der Waals surface area contributed by atoms with Gasteiger partial charge in [-0.2, -0.15) is 0 Å². The predicted molar refractivity (Wildman–Crippen MR) is 68.2 cm³/mol. The molecule has 4 nitrogen and oxygen atoms in total. The van der Waals surface area contributed by atoms with Gasteiger partial charge in [0.25, 0.3) is 0 Å². The van der Waals surface area contributed by atoms with E-state index in [2.05, 4.69) is 5.32 Å². The molecule has 18 heavy (non-hydrogen) atoms. The number of carbonyl (C=O) groups excluding carboxylic acids is 1. The summed E-state index contributed by atoms with van der Waals surface area (Å²) in [6, 6.07) is 6.82. The van der Waals surface area contributed by atoms with Gasteiger partial charge < -0.3 is 15.5 Å². The molecular weight excluding hydrogens is 230 g/mol. The summed E-state index contributed by atoms with van der Waals surface area (Å²) < 4.78 is 0. The summed E-state index contributed by atoms with van der Waals surface area (Å²) in [5, 5.41) is 22.0. The van der Waals surface area contributed by atoms with E-state index in [-0.39, 0.29) is 24.7 Å². The Kier molecular flexibility index (Phi) is 3.87. The van der Waals surface area contributed by atoms with Crippen molar-refractivity contribution in [2.24, 2.45) is 0 Å². The molecule has 0 radical (unpaired) electrons. The van der Waals surface area contributed by atoms with Gasteiger partial charge in [-0.05, 0) is 18.9 Å². The standard InChI is InChI=1S/C14H19NO3/c16-10-14(7-3-4-8-14)15-13(18)9-11-5-1-2-6-12(11)17/h1-2,5-6,16-17H,3-4,7-10H2,(H,15,18). The number of phenolic OH excluding ortho intramolecular Hbond substituents is 1. The maximum Gasteiger partial charge on any atom is 0.225 e. The van der Waals surface area contributed by atoms with E-state index in [1.54, 1.807) is 24.3 Å². The van der Waals surface area contributed by atoms with Crippen LogP contribution in [0.5, 0.6) is 5.75 Å². The second-order valence-electron chi connectivity index (χ2n) is 5.00. The molecular formula is C14H19NO3. The Hall–Kier alpha value is -1.55. The number of para-hydroxylation sites is 1. The van der Waals surface area contributed by atoms with E-state index in [1.165, 1.54) is 0 Å².